The standard InChI is InChI=1S/C20H35N/c1-9-15(2)18(14-21-20(6,7)8)16-10-12-17(13-11-16)19(3,4)5/h10-13,15,18,21H,9,14H2,1-8H3. The van der Waals surface area contributed by atoms with Crippen LogP contribution in [0.25, 0.3) is 0 Å². The Bertz CT molecular complexity index is 417. The quantitative estimate of drug-likeness (QED) is 0.754. The van der Waals surface area contributed by atoms with Crippen molar-refractivity contribution in [2.45, 2.75) is 78.7 Å². The van der Waals surface area contributed by atoms with Gasteiger partial charge in [-0.15, -0.1) is 0 Å². The van der Waals surface area contributed by atoms with Crippen LogP contribution in [0.3, 0.4) is 0 Å². The molecule has 1 nitrogen and oxygen atoms in total. The summed E-state index contributed by atoms with van der Waals surface area (Å²) in [6.45, 7) is 19.2. The Morgan fingerprint density at radius 3 is 1.86 bits per heavy atom. The van der Waals surface area contributed by atoms with Crippen molar-refractivity contribution < 1.29 is 0 Å². The summed E-state index contributed by atoms with van der Waals surface area (Å²) < 4.78 is 0. The van der Waals surface area contributed by atoms with E-state index < -0.39 is 0 Å². The summed E-state index contributed by atoms with van der Waals surface area (Å²) in [4.78, 5) is 0. The summed E-state index contributed by atoms with van der Waals surface area (Å²) in [5, 5.41) is 3.68. The SMILES string of the molecule is CCC(C)C(CNC(C)(C)C)c1ccc(C(C)(C)C)cc1. The zero-order chi connectivity index (χ0) is 16.3. The fourth-order valence-electron chi connectivity index (χ4n) is 2.58. The number of hydrogen-bond donors (Lipinski definition) is 1. The van der Waals surface area contributed by atoms with Crippen LogP contribution in [-0.2, 0) is 5.41 Å². The highest BCUT2D eigenvalue weighted by Gasteiger charge is 2.21. The van der Waals surface area contributed by atoms with Crippen LogP contribution < -0.4 is 5.32 Å². The van der Waals surface area contributed by atoms with Crippen LogP contribution in [0.4, 0.5) is 0 Å². The number of benzene rings is 1. The van der Waals surface area contributed by atoms with E-state index in [1.807, 2.05) is 0 Å². The van der Waals surface area contributed by atoms with Crippen LogP contribution in [0, 0.1) is 5.92 Å². The van der Waals surface area contributed by atoms with Gasteiger partial charge in [-0.3, -0.25) is 0 Å². The van der Waals surface area contributed by atoms with Crippen molar-refractivity contribution in [3.63, 3.8) is 0 Å². The Hall–Kier alpha value is -0.820. The number of hydrogen-bond acceptors (Lipinski definition) is 1. The van der Waals surface area contributed by atoms with Crippen LogP contribution in [-0.4, -0.2) is 12.1 Å². The molecule has 0 saturated carbocycles. The topological polar surface area (TPSA) is 12.0 Å². The van der Waals surface area contributed by atoms with Crippen LogP contribution in [0.5, 0.6) is 0 Å². The molecule has 1 aromatic carbocycles. The lowest BCUT2D eigenvalue weighted by molar-refractivity contribution is 0.356. The van der Waals surface area contributed by atoms with Crippen molar-refractivity contribution in [3.05, 3.63) is 35.4 Å². The van der Waals surface area contributed by atoms with E-state index in [1.54, 1.807) is 0 Å². The van der Waals surface area contributed by atoms with Gasteiger partial charge >= 0.3 is 0 Å². The summed E-state index contributed by atoms with van der Waals surface area (Å²) in [7, 11) is 0. The number of nitrogens with one attached hydrogen (secondary N) is 1. The first-order chi connectivity index (χ1) is 9.54. The molecule has 1 N–H and O–H groups in total. The lowest BCUT2D eigenvalue weighted by Crippen LogP contribution is -2.39. The smallest absolute Gasteiger partial charge is 0.00967 e. The minimum absolute atomic E-state index is 0.178. The summed E-state index contributed by atoms with van der Waals surface area (Å²) in [6, 6.07) is 9.28. The average molecular weight is 290 g/mol. The summed E-state index contributed by atoms with van der Waals surface area (Å²) in [5.74, 6) is 1.28. The van der Waals surface area contributed by atoms with E-state index in [0.29, 0.717) is 11.8 Å². The van der Waals surface area contributed by atoms with Gasteiger partial charge in [0.15, 0.2) is 0 Å². The van der Waals surface area contributed by atoms with Crippen LogP contribution in [0.2, 0.25) is 0 Å². The summed E-state index contributed by atoms with van der Waals surface area (Å²) >= 11 is 0. The second-order valence-electron chi connectivity index (χ2n) is 8.49. The third-order valence-corrected chi connectivity index (χ3v) is 4.39. The molecular weight excluding hydrogens is 254 g/mol. The fourth-order valence-corrected chi connectivity index (χ4v) is 2.58. The lowest BCUT2D eigenvalue weighted by atomic mass is 9.82. The molecule has 0 bridgehead atoms. The molecule has 1 aromatic rings. The lowest BCUT2D eigenvalue weighted by Gasteiger charge is -2.29. The number of rotatable bonds is 5. The van der Waals surface area contributed by atoms with Gasteiger partial charge in [0.25, 0.3) is 0 Å². The van der Waals surface area contributed by atoms with Crippen molar-refractivity contribution in [3.8, 4) is 0 Å². The van der Waals surface area contributed by atoms with Gasteiger partial charge in [0.1, 0.15) is 0 Å². The molecule has 0 heterocycles. The van der Waals surface area contributed by atoms with Crippen molar-refractivity contribution in [2.75, 3.05) is 6.54 Å². The van der Waals surface area contributed by atoms with E-state index in [1.165, 1.54) is 17.5 Å². The maximum atomic E-state index is 3.68. The minimum Gasteiger partial charge on any atom is -0.311 e. The van der Waals surface area contributed by atoms with E-state index in [-0.39, 0.29) is 11.0 Å². The molecular formula is C20H35N. The maximum Gasteiger partial charge on any atom is 0.00967 e. The van der Waals surface area contributed by atoms with E-state index in [4.69, 9.17) is 0 Å². The summed E-state index contributed by atoms with van der Waals surface area (Å²) in [5.41, 5.74) is 3.29. The van der Waals surface area contributed by atoms with Gasteiger partial charge in [0.2, 0.25) is 0 Å². The molecule has 0 aliphatic rings. The van der Waals surface area contributed by atoms with Gasteiger partial charge in [-0.05, 0) is 49.1 Å². The predicted octanol–water partition coefficient (Wildman–Crippen LogP) is 5.50. The molecule has 21 heavy (non-hydrogen) atoms. The molecule has 1 heteroatoms. The third-order valence-electron chi connectivity index (χ3n) is 4.39. The Morgan fingerprint density at radius 2 is 1.48 bits per heavy atom. The van der Waals surface area contributed by atoms with Crippen molar-refractivity contribution in [1.82, 2.24) is 5.32 Å². The first-order valence-electron chi connectivity index (χ1n) is 8.40. The molecule has 0 radical (unpaired) electrons. The monoisotopic (exact) mass is 289 g/mol. The second-order valence-corrected chi connectivity index (χ2v) is 8.49. The minimum atomic E-state index is 0.178. The van der Waals surface area contributed by atoms with Gasteiger partial charge in [-0.25, -0.2) is 0 Å². The largest absolute Gasteiger partial charge is 0.311 e. The normalized spacial score (nSPS) is 15.8. The maximum absolute atomic E-state index is 3.68. The zero-order valence-electron chi connectivity index (χ0n) is 15.4. The zero-order valence-corrected chi connectivity index (χ0v) is 15.4. The Labute approximate surface area is 132 Å². The molecule has 2 unspecified atom stereocenters. The fraction of sp³-hybridized carbons (Fsp3) is 0.700. The van der Waals surface area contributed by atoms with Crippen LogP contribution in [0.15, 0.2) is 24.3 Å². The Balaban J connectivity index is 2.93. The van der Waals surface area contributed by atoms with Gasteiger partial charge < -0.3 is 5.32 Å². The van der Waals surface area contributed by atoms with Crippen molar-refractivity contribution in [2.24, 2.45) is 5.92 Å². The van der Waals surface area contributed by atoms with Crippen molar-refractivity contribution >= 4 is 0 Å². The van der Waals surface area contributed by atoms with Crippen LogP contribution >= 0.6 is 0 Å². The van der Waals surface area contributed by atoms with E-state index in [2.05, 4.69) is 85.0 Å². The molecule has 120 valence electrons. The van der Waals surface area contributed by atoms with Crippen LogP contribution in [0.1, 0.15) is 78.9 Å². The van der Waals surface area contributed by atoms with E-state index >= 15 is 0 Å². The molecule has 0 aliphatic carbocycles. The molecule has 0 saturated heterocycles. The molecule has 0 fully saturated rings. The Kier molecular flexibility index (Phi) is 6.04. The highest BCUT2D eigenvalue weighted by molar-refractivity contribution is 5.30. The molecule has 0 spiro atoms. The summed E-state index contributed by atoms with van der Waals surface area (Å²) in [6.07, 6.45) is 1.22. The highest BCUT2D eigenvalue weighted by Crippen LogP contribution is 2.29. The molecule has 1 rings (SSSR count). The molecule has 2 atom stereocenters. The molecule has 0 aliphatic heterocycles. The van der Waals surface area contributed by atoms with Gasteiger partial charge in [-0.1, -0.05) is 65.3 Å². The third kappa shape index (κ3) is 5.82. The predicted molar refractivity (Wildman–Crippen MR) is 95.1 cm³/mol. The second kappa shape index (κ2) is 6.96. The molecule has 0 aromatic heterocycles. The van der Waals surface area contributed by atoms with E-state index in [0.717, 1.165) is 6.54 Å². The van der Waals surface area contributed by atoms with E-state index in [9.17, 15) is 0 Å². The Morgan fingerprint density at radius 1 is 0.952 bits per heavy atom. The van der Waals surface area contributed by atoms with Gasteiger partial charge in [0, 0.05) is 12.1 Å². The highest BCUT2D eigenvalue weighted by atomic mass is 14.9. The van der Waals surface area contributed by atoms with Crippen molar-refractivity contribution in [1.29, 1.82) is 0 Å². The van der Waals surface area contributed by atoms with Gasteiger partial charge in [-0.2, -0.15) is 0 Å². The average Bonchev–Trinajstić information content (AvgIpc) is 2.36. The van der Waals surface area contributed by atoms with Gasteiger partial charge in [0.05, 0.1) is 0 Å². The molecule has 0 amide bonds. The first kappa shape index (κ1) is 18.2. The first-order valence-corrected chi connectivity index (χ1v) is 8.40.